The summed E-state index contributed by atoms with van der Waals surface area (Å²) in [4.78, 5) is 2.53. The molecule has 8 aromatic carbocycles. The Labute approximate surface area is 340 Å². The fourth-order valence-corrected chi connectivity index (χ4v) is 12.9. The summed E-state index contributed by atoms with van der Waals surface area (Å²) >= 11 is 0. The zero-order valence-corrected chi connectivity index (χ0v) is 32.6. The number of para-hydroxylation sites is 2. The van der Waals surface area contributed by atoms with Gasteiger partial charge in [-0.25, -0.2) is 0 Å². The van der Waals surface area contributed by atoms with Gasteiger partial charge in [-0.2, -0.15) is 0 Å². The van der Waals surface area contributed by atoms with Crippen LogP contribution in [0.1, 0.15) is 43.2 Å². The highest BCUT2D eigenvalue weighted by molar-refractivity contribution is 6.10. The first-order chi connectivity index (χ1) is 28.7. The van der Waals surface area contributed by atoms with Gasteiger partial charge >= 0.3 is 0 Å². The Kier molecular flexibility index (Phi) is 6.94. The number of anilines is 3. The van der Waals surface area contributed by atoms with Crippen molar-refractivity contribution >= 4 is 49.6 Å². The molecule has 4 saturated carbocycles. The molecule has 0 saturated heterocycles. The lowest BCUT2D eigenvalue weighted by Gasteiger charge is -2.61. The van der Waals surface area contributed by atoms with Crippen molar-refractivity contribution in [2.75, 3.05) is 4.90 Å². The molecule has 0 radical (unpaired) electrons. The number of aromatic nitrogens is 1. The van der Waals surface area contributed by atoms with Gasteiger partial charge in [-0.15, -0.1) is 0 Å². The van der Waals surface area contributed by atoms with Crippen LogP contribution in [-0.2, 0) is 5.41 Å². The average molecular weight is 745 g/mol. The van der Waals surface area contributed by atoms with Crippen molar-refractivity contribution in [3.05, 3.63) is 193 Å². The minimum atomic E-state index is 0.100. The molecule has 5 aliphatic rings. The van der Waals surface area contributed by atoms with Crippen LogP contribution in [0.5, 0.6) is 0 Å². The van der Waals surface area contributed by atoms with E-state index in [4.69, 9.17) is 0 Å². The molecular weight excluding hydrogens is 701 g/mol. The molecule has 58 heavy (non-hydrogen) atoms. The maximum Gasteiger partial charge on any atom is 0.0561 e. The number of nitrogens with zero attached hydrogens (tertiary/aromatic N) is 2. The van der Waals surface area contributed by atoms with Crippen LogP contribution in [0, 0.1) is 23.7 Å². The van der Waals surface area contributed by atoms with E-state index in [-0.39, 0.29) is 5.41 Å². The number of fused-ring (bicyclic) bond motifs is 7. The standard InChI is InChI=1S/C56H44N2/c1-2-13-42(14-3-1)58-54-20-9-7-17-50(54)51-28-26-45(35-55(51)58)57(43-23-21-39(22-24-43)47-18-10-12-38-11-4-5-15-46(38)47)44-25-27-49-48-16-6-8-19-52(48)56(53(49)34-44)40-30-36-29-37(32-40)33-41(56)31-36/h1-28,34-37,40-41H,29-33H2. The lowest BCUT2D eigenvalue weighted by atomic mass is 9.43. The zero-order chi connectivity index (χ0) is 38.0. The maximum atomic E-state index is 2.63. The van der Waals surface area contributed by atoms with Crippen molar-refractivity contribution in [2.24, 2.45) is 23.7 Å². The van der Waals surface area contributed by atoms with Crippen molar-refractivity contribution in [3.8, 4) is 27.9 Å². The summed E-state index contributed by atoms with van der Waals surface area (Å²) < 4.78 is 2.44. The number of rotatable bonds is 5. The van der Waals surface area contributed by atoms with Crippen LogP contribution >= 0.6 is 0 Å². The van der Waals surface area contributed by atoms with Crippen molar-refractivity contribution in [3.63, 3.8) is 0 Å². The largest absolute Gasteiger partial charge is 0.310 e. The van der Waals surface area contributed by atoms with E-state index in [9.17, 15) is 0 Å². The molecule has 1 aromatic heterocycles. The predicted molar refractivity (Wildman–Crippen MR) is 242 cm³/mol. The van der Waals surface area contributed by atoms with E-state index in [0.29, 0.717) is 11.8 Å². The summed E-state index contributed by atoms with van der Waals surface area (Å²) in [6, 6.07) is 68.5. The van der Waals surface area contributed by atoms with Crippen LogP contribution in [0.25, 0.3) is 60.5 Å². The van der Waals surface area contributed by atoms with E-state index in [2.05, 4.69) is 191 Å². The van der Waals surface area contributed by atoms with E-state index in [1.54, 1.807) is 11.1 Å². The van der Waals surface area contributed by atoms with Gasteiger partial charge in [-0.1, -0.05) is 127 Å². The van der Waals surface area contributed by atoms with Gasteiger partial charge in [0.1, 0.15) is 0 Å². The van der Waals surface area contributed by atoms with Gasteiger partial charge < -0.3 is 9.47 Å². The van der Waals surface area contributed by atoms with Gasteiger partial charge in [0.25, 0.3) is 0 Å². The number of hydrogen-bond acceptors (Lipinski definition) is 1. The van der Waals surface area contributed by atoms with E-state index < -0.39 is 0 Å². The van der Waals surface area contributed by atoms with Gasteiger partial charge in [0, 0.05) is 38.9 Å². The molecular formula is C56H44N2. The first-order valence-corrected chi connectivity index (χ1v) is 21.4. The Balaban J connectivity index is 1.03. The fourth-order valence-electron chi connectivity index (χ4n) is 12.9. The first-order valence-electron chi connectivity index (χ1n) is 21.4. The van der Waals surface area contributed by atoms with E-state index in [1.165, 1.54) is 110 Å². The van der Waals surface area contributed by atoms with Crippen LogP contribution in [0.4, 0.5) is 17.1 Å². The van der Waals surface area contributed by atoms with Gasteiger partial charge in [-0.3, -0.25) is 0 Å². The third kappa shape index (κ3) is 4.55. The van der Waals surface area contributed by atoms with Gasteiger partial charge in [-0.05, 0) is 155 Å². The molecule has 2 nitrogen and oxygen atoms in total. The normalized spacial score (nSPS) is 22.6. The molecule has 2 heteroatoms. The van der Waals surface area contributed by atoms with Gasteiger partial charge in [0.05, 0.1) is 11.0 Å². The summed E-state index contributed by atoms with van der Waals surface area (Å²) in [5.41, 5.74) is 15.9. The quantitative estimate of drug-likeness (QED) is 0.170. The summed E-state index contributed by atoms with van der Waals surface area (Å²) in [6.45, 7) is 0. The van der Waals surface area contributed by atoms with Gasteiger partial charge in [0.2, 0.25) is 0 Å². The highest BCUT2D eigenvalue weighted by atomic mass is 15.1. The Hall–Kier alpha value is -6.38. The average Bonchev–Trinajstić information content (AvgIpc) is 3.76. The van der Waals surface area contributed by atoms with Crippen molar-refractivity contribution < 1.29 is 0 Å². The highest BCUT2D eigenvalue weighted by Crippen LogP contribution is 2.69. The summed E-state index contributed by atoms with van der Waals surface area (Å²) in [5.74, 6) is 3.25. The molecule has 0 N–H and O–H groups in total. The minimum absolute atomic E-state index is 0.100. The van der Waals surface area contributed by atoms with Crippen LogP contribution in [0.2, 0.25) is 0 Å². The van der Waals surface area contributed by atoms with Crippen molar-refractivity contribution in [2.45, 2.75) is 37.5 Å². The molecule has 4 fully saturated rings. The van der Waals surface area contributed by atoms with E-state index in [0.717, 1.165) is 11.8 Å². The molecule has 5 aliphatic carbocycles. The molecule has 14 rings (SSSR count). The smallest absolute Gasteiger partial charge is 0.0561 e. The maximum absolute atomic E-state index is 2.63. The third-order valence-electron chi connectivity index (χ3n) is 15.0. The summed E-state index contributed by atoms with van der Waals surface area (Å²) in [7, 11) is 0. The second-order valence-corrected chi connectivity index (χ2v) is 17.7. The zero-order valence-electron chi connectivity index (χ0n) is 32.6. The summed E-state index contributed by atoms with van der Waals surface area (Å²) in [6.07, 6.45) is 6.98. The monoisotopic (exact) mass is 744 g/mol. The molecule has 278 valence electrons. The predicted octanol–water partition coefficient (Wildman–Crippen LogP) is 14.8. The lowest BCUT2D eigenvalue weighted by Crippen LogP contribution is -2.55. The second-order valence-electron chi connectivity index (χ2n) is 17.7. The number of benzene rings is 8. The second kappa shape index (κ2) is 12.3. The molecule has 4 bridgehead atoms. The molecule has 0 unspecified atom stereocenters. The molecule has 0 aliphatic heterocycles. The SMILES string of the molecule is c1ccc(-n2c3ccccc3c3ccc(N(c4ccc(-c5cccc6ccccc56)cc4)c4ccc5c(c4)C4(c6ccccc6-5)C5CC6CC(C5)CC4C6)cc32)cc1. The van der Waals surface area contributed by atoms with Crippen LogP contribution < -0.4 is 4.90 Å². The Morgan fingerprint density at radius 2 is 1.02 bits per heavy atom. The fraction of sp³-hybridized carbons (Fsp3) is 0.179. The minimum Gasteiger partial charge on any atom is -0.310 e. The molecule has 0 atom stereocenters. The third-order valence-corrected chi connectivity index (χ3v) is 15.0. The van der Waals surface area contributed by atoms with Crippen LogP contribution in [0.3, 0.4) is 0 Å². The Bertz CT molecular complexity index is 3040. The molecule has 1 spiro atoms. The van der Waals surface area contributed by atoms with Crippen LogP contribution in [0.15, 0.2) is 182 Å². The van der Waals surface area contributed by atoms with Crippen molar-refractivity contribution in [1.82, 2.24) is 4.57 Å². The Morgan fingerprint density at radius 1 is 0.414 bits per heavy atom. The van der Waals surface area contributed by atoms with Crippen LogP contribution in [-0.4, -0.2) is 4.57 Å². The summed E-state index contributed by atoms with van der Waals surface area (Å²) in [5, 5.41) is 5.10. The topological polar surface area (TPSA) is 8.17 Å². The lowest BCUT2D eigenvalue weighted by molar-refractivity contribution is -0.0399. The number of hydrogen-bond donors (Lipinski definition) is 0. The molecule has 1 heterocycles. The first kappa shape index (κ1) is 32.7. The van der Waals surface area contributed by atoms with E-state index in [1.807, 2.05) is 0 Å². The van der Waals surface area contributed by atoms with E-state index >= 15 is 0 Å². The molecule has 0 amide bonds. The highest BCUT2D eigenvalue weighted by Gasteiger charge is 2.61. The Morgan fingerprint density at radius 3 is 1.84 bits per heavy atom. The van der Waals surface area contributed by atoms with Gasteiger partial charge in [0.15, 0.2) is 0 Å². The molecule has 9 aromatic rings. The van der Waals surface area contributed by atoms with Crippen molar-refractivity contribution in [1.29, 1.82) is 0 Å².